The predicted octanol–water partition coefficient (Wildman–Crippen LogP) is 3.95. The fraction of sp³-hybridized carbons (Fsp3) is 0.611. The largest absolute Gasteiger partial charge is 0.495 e. The lowest BCUT2D eigenvalue weighted by Crippen LogP contribution is -2.41. The Morgan fingerprint density at radius 3 is 2.46 bits per heavy atom. The van der Waals surface area contributed by atoms with Gasteiger partial charge in [-0.3, -0.25) is 9.69 Å². The van der Waals surface area contributed by atoms with Crippen LogP contribution in [0.4, 0.5) is 5.69 Å². The maximum Gasteiger partial charge on any atom is 0.238 e. The number of benzene rings is 1. The number of nitrogens with one attached hydrogen (secondary N) is 1. The first-order chi connectivity index (χ1) is 11.6. The Balaban J connectivity index is 2.05. The first kappa shape index (κ1) is 18.9. The second-order valence-corrected chi connectivity index (χ2v) is 6.50. The van der Waals surface area contributed by atoms with Crippen LogP contribution >= 0.6 is 11.6 Å². The van der Waals surface area contributed by atoms with Crippen LogP contribution in [0.3, 0.4) is 0 Å². The first-order valence-electron chi connectivity index (χ1n) is 8.54. The fourth-order valence-corrected chi connectivity index (χ4v) is 3.51. The lowest BCUT2D eigenvalue weighted by atomic mass is 9.94. The summed E-state index contributed by atoms with van der Waals surface area (Å²) in [5.41, 5.74) is 0.573. The molecule has 134 valence electrons. The van der Waals surface area contributed by atoms with Crippen LogP contribution in [-0.2, 0) is 4.79 Å². The van der Waals surface area contributed by atoms with Gasteiger partial charge in [-0.25, -0.2) is 0 Å². The van der Waals surface area contributed by atoms with E-state index in [4.69, 9.17) is 21.1 Å². The van der Waals surface area contributed by atoms with Gasteiger partial charge in [0.15, 0.2) is 0 Å². The summed E-state index contributed by atoms with van der Waals surface area (Å²) in [6.07, 6.45) is 6.18. The molecule has 24 heavy (non-hydrogen) atoms. The molecule has 1 aliphatic carbocycles. The maximum absolute atomic E-state index is 12.5. The summed E-state index contributed by atoms with van der Waals surface area (Å²) in [7, 11) is 3.09. The van der Waals surface area contributed by atoms with Crippen LogP contribution in [0.1, 0.15) is 39.0 Å². The highest BCUT2D eigenvalue weighted by atomic mass is 35.5. The molecule has 0 saturated heterocycles. The number of methoxy groups -OCH3 is 2. The predicted molar refractivity (Wildman–Crippen MR) is 97.3 cm³/mol. The number of halogens is 1. The number of nitrogens with zero attached hydrogens (tertiary/aromatic N) is 1. The van der Waals surface area contributed by atoms with Crippen LogP contribution in [0.2, 0.25) is 5.02 Å². The van der Waals surface area contributed by atoms with Crippen molar-refractivity contribution in [1.82, 2.24) is 4.90 Å². The lowest BCUT2D eigenvalue weighted by Gasteiger charge is -2.33. The Morgan fingerprint density at radius 1 is 1.21 bits per heavy atom. The van der Waals surface area contributed by atoms with Crippen LogP contribution in [-0.4, -0.2) is 44.2 Å². The van der Waals surface area contributed by atoms with Crippen LogP contribution < -0.4 is 14.8 Å². The zero-order valence-corrected chi connectivity index (χ0v) is 15.5. The van der Waals surface area contributed by atoms with Gasteiger partial charge < -0.3 is 14.8 Å². The van der Waals surface area contributed by atoms with E-state index in [1.807, 2.05) is 0 Å². The van der Waals surface area contributed by atoms with E-state index < -0.39 is 0 Å². The zero-order chi connectivity index (χ0) is 17.5. The molecule has 1 aromatic rings. The number of rotatable bonds is 7. The van der Waals surface area contributed by atoms with E-state index in [2.05, 4.69) is 17.1 Å². The molecule has 0 aromatic heterocycles. The van der Waals surface area contributed by atoms with E-state index in [9.17, 15) is 4.79 Å². The van der Waals surface area contributed by atoms with Crippen molar-refractivity contribution in [2.24, 2.45) is 0 Å². The third-order valence-corrected chi connectivity index (χ3v) is 4.89. The molecular formula is C18H27ClN2O3. The summed E-state index contributed by atoms with van der Waals surface area (Å²) in [6.45, 7) is 3.36. The average molecular weight is 355 g/mol. The van der Waals surface area contributed by atoms with Gasteiger partial charge in [-0.1, -0.05) is 37.8 Å². The van der Waals surface area contributed by atoms with Crippen molar-refractivity contribution < 1.29 is 14.3 Å². The number of hydrogen-bond acceptors (Lipinski definition) is 4. The molecular weight excluding hydrogens is 328 g/mol. The van der Waals surface area contributed by atoms with Gasteiger partial charge in [-0.05, 0) is 19.4 Å². The number of anilines is 1. The van der Waals surface area contributed by atoms with Gasteiger partial charge >= 0.3 is 0 Å². The van der Waals surface area contributed by atoms with Crippen LogP contribution in [0.15, 0.2) is 12.1 Å². The Labute approximate surface area is 149 Å². The maximum atomic E-state index is 12.5. The first-order valence-corrected chi connectivity index (χ1v) is 8.92. The summed E-state index contributed by atoms with van der Waals surface area (Å²) in [5.74, 6) is 0.979. The van der Waals surface area contributed by atoms with Crippen molar-refractivity contribution in [3.63, 3.8) is 0 Å². The third kappa shape index (κ3) is 4.77. The van der Waals surface area contributed by atoms with Crippen molar-refractivity contribution in [2.75, 3.05) is 32.6 Å². The number of likely N-dealkylation sites (N-methyl/N-ethyl adjacent to an activating group) is 1. The summed E-state index contributed by atoms with van der Waals surface area (Å²) in [4.78, 5) is 14.8. The highest BCUT2D eigenvalue weighted by molar-refractivity contribution is 6.32. The van der Waals surface area contributed by atoms with Crippen molar-refractivity contribution in [3.8, 4) is 11.5 Å². The molecule has 1 saturated carbocycles. The number of carbonyl (C=O) groups excluding carboxylic acids is 1. The summed E-state index contributed by atoms with van der Waals surface area (Å²) < 4.78 is 10.5. The molecule has 0 atom stereocenters. The van der Waals surface area contributed by atoms with E-state index in [0.29, 0.717) is 34.8 Å². The molecule has 1 aromatic carbocycles. The van der Waals surface area contributed by atoms with E-state index in [-0.39, 0.29) is 5.91 Å². The topological polar surface area (TPSA) is 50.8 Å². The number of ether oxygens (including phenoxy) is 2. The molecule has 0 bridgehead atoms. The molecule has 1 aliphatic rings. The van der Waals surface area contributed by atoms with Gasteiger partial charge in [0.1, 0.15) is 11.5 Å². The van der Waals surface area contributed by atoms with E-state index in [0.717, 1.165) is 6.54 Å². The molecule has 6 heteroatoms. The number of amides is 1. The van der Waals surface area contributed by atoms with Gasteiger partial charge in [-0.2, -0.15) is 0 Å². The molecule has 0 heterocycles. The molecule has 0 unspecified atom stereocenters. The van der Waals surface area contributed by atoms with E-state index >= 15 is 0 Å². The van der Waals surface area contributed by atoms with Crippen LogP contribution in [0.25, 0.3) is 0 Å². The summed E-state index contributed by atoms with van der Waals surface area (Å²) in [5, 5.41) is 3.37. The summed E-state index contributed by atoms with van der Waals surface area (Å²) >= 11 is 6.10. The van der Waals surface area contributed by atoms with Gasteiger partial charge in [0, 0.05) is 18.2 Å². The van der Waals surface area contributed by atoms with Crippen molar-refractivity contribution >= 4 is 23.2 Å². The van der Waals surface area contributed by atoms with E-state index in [1.165, 1.54) is 32.1 Å². The quantitative estimate of drug-likeness (QED) is 0.805. The Morgan fingerprint density at radius 2 is 1.88 bits per heavy atom. The zero-order valence-electron chi connectivity index (χ0n) is 14.7. The Kier molecular flexibility index (Phi) is 7.18. The highest BCUT2D eigenvalue weighted by Crippen LogP contribution is 2.35. The lowest BCUT2D eigenvalue weighted by molar-refractivity contribution is -0.118. The second kappa shape index (κ2) is 9.14. The molecule has 1 N–H and O–H groups in total. The molecule has 5 nitrogen and oxygen atoms in total. The minimum Gasteiger partial charge on any atom is -0.495 e. The Hall–Kier alpha value is -1.46. The third-order valence-electron chi connectivity index (χ3n) is 4.59. The average Bonchev–Trinajstić information content (AvgIpc) is 2.61. The van der Waals surface area contributed by atoms with Gasteiger partial charge in [0.25, 0.3) is 0 Å². The summed E-state index contributed by atoms with van der Waals surface area (Å²) in [6, 6.07) is 3.85. The Bertz CT molecular complexity index is 559. The monoisotopic (exact) mass is 354 g/mol. The fourth-order valence-electron chi connectivity index (χ4n) is 3.28. The van der Waals surface area contributed by atoms with Gasteiger partial charge in [0.05, 0.1) is 31.5 Å². The minimum absolute atomic E-state index is 0.0508. The van der Waals surface area contributed by atoms with E-state index in [1.54, 1.807) is 26.4 Å². The molecule has 0 spiro atoms. The van der Waals surface area contributed by atoms with Gasteiger partial charge in [-0.15, -0.1) is 0 Å². The highest BCUT2D eigenvalue weighted by Gasteiger charge is 2.22. The molecule has 0 radical (unpaired) electrons. The molecule has 2 rings (SSSR count). The van der Waals surface area contributed by atoms with Crippen LogP contribution in [0.5, 0.6) is 11.5 Å². The van der Waals surface area contributed by atoms with Crippen molar-refractivity contribution in [3.05, 3.63) is 17.2 Å². The molecule has 1 amide bonds. The smallest absolute Gasteiger partial charge is 0.238 e. The standard InChI is InChI=1S/C18H27ClN2O3/c1-4-21(13-8-6-5-7-9-13)12-18(22)20-15-11-16(23-2)14(19)10-17(15)24-3/h10-11,13H,4-9,12H2,1-3H3,(H,20,22). The molecule has 0 aliphatic heterocycles. The number of hydrogen-bond donors (Lipinski definition) is 1. The van der Waals surface area contributed by atoms with Crippen LogP contribution in [0, 0.1) is 0 Å². The normalized spacial score (nSPS) is 15.4. The van der Waals surface area contributed by atoms with Crippen molar-refractivity contribution in [1.29, 1.82) is 0 Å². The van der Waals surface area contributed by atoms with Gasteiger partial charge in [0.2, 0.25) is 5.91 Å². The number of carbonyl (C=O) groups is 1. The SMILES string of the molecule is CCN(CC(=O)Nc1cc(OC)c(Cl)cc1OC)C1CCCCC1. The second-order valence-electron chi connectivity index (χ2n) is 6.09. The van der Waals surface area contributed by atoms with Crippen molar-refractivity contribution in [2.45, 2.75) is 45.1 Å². The molecule has 1 fully saturated rings. The minimum atomic E-state index is -0.0508.